The Kier molecular flexibility index (Phi) is 9.46. The largest absolute Gasteiger partial charge is 0.481 e. The number of nitrogens with zero attached hydrogens (tertiary/aromatic N) is 1. The lowest BCUT2D eigenvalue weighted by Gasteiger charge is -2.41. The van der Waals surface area contributed by atoms with Gasteiger partial charge in [-0.3, -0.25) is 9.59 Å². The van der Waals surface area contributed by atoms with E-state index in [4.69, 9.17) is 24.1 Å². The van der Waals surface area contributed by atoms with Crippen LogP contribution in [0.3, 0.4) is 0 Å². The second-order valence-corrected chi connectivity index (χ2v) is 10.7. The minimum atomic E-state index is -0.916. The van der Waals surface area contributed by atoms with Gasteiger partial charge in [0.05, 0.1) is 32.0 Å². The van der Waals surface area contributed by atoms with Crippen LogP contribution < -0.4 is 5.32 Å². The lowest BCUT2D eigenvalue weighted by Crippen LogP contribution is -2.48. The van der Waals surface area contributed by atoms with E-state index in [-0.39, 0.29) is 44.0 Å². The summed E-state index contributed by atoms with van der Waals surface area (Å²) in [4.78, 5) is 25.5. The van der Waals surface area contributed by atoms with E-state index in [1.807, 2.05) is 42.5 Å². The zero-order valence-electron chi connectivity index (χ0n) is 22.6. The summed E-state index contributed by atoms with van der Waals surface area (Å²) < 4.78 is 24.7. The fourth-order valence-electron chi connectivity index (χ4n) is 5.57. The number of carbonyl (C=O) groups excluding carboxylic acids is 1. The van der Waals surface area contributed by atoms with Crippen LogP contribution in [0.25, 0.3) is 0 Å². The quantitative estimate of drug-likeness (QED) is 0.402. The molecule has 216 valence electrons. The fourth-order valence-corrected chi connectivity index (χ4v) is 5.57. The highest BCUT2D eigenvalue weighted by atomic mass is 16.7. The van der Waals surface area contributed by atoms with Gasteiger partial charge in [0.1, 0.15) is 0 Å². The Morgan fingerprint density at radius 2 is 1.73 bits per heavy atom. The Morgan fingerprint density at radius 1 is 0.975 bits per heavy atom. The van der Waals surface area contributed by atoms with Crippen molar-refractivity contribution in [3.05, 3.63) is 65.2 Å². The van der Waals surface area contributed by atoms with Crippen LogP contribution in [0.1, 0.15) is 67.6 Å². The number of likely N-dealkylation sites (tertiary alicyclic amines) is 1. The topological polar surface area (TPSA) is 127 Å². The van der Waals surface area contributed by atoms with Crippen LogP contribution >= 0.6 is 0 Å². The van der Waals surface area contributed by atoms with Crippen molar-refractivity contribution in [2.24, 2.45) is 0 Å². The van der Waals surface area contributed by atoms with Gasteiger partial charge in [-0.25, -0.2) is 0 Å². The molecular weight excluding hydrogens is 516 g/mol. The third-order valence-corrected chi connectivity index (χ3v) is 7.75. The van der Waals surface area contributed by atoms with E-state index in [0.29, 0.717) is 25.3 Å². The van der Waals surface area contributed by atoms with Crippen LogP contribution in [0.2, 0.25) is 0 Å². The maximum Gasteiger partial charge on any atom is 0.303 e. The van der Waals surface area contributed by atoms with Crippen molar-refractivity contribution in [2.45, 2.75) is 69.4 Å². The number of aliphatic hydroxyl groups excluding tert-OH is 1. The van der Waals surface area contributed by atoms with E-state index >= 15 is 0 Å². The van der Waals surface area contributed by atoms with E-state index in [0.717, 1.165) is 49.2 Å². The monoisotopic (exact) mass is 554 g/mol. The summed E-state index contributed by atoms with van der Waals surface area (Å²) in [7, 11) is 0. The summed E-state index contributed by atoms with van der Waals surface area (Å²) in [6.07, 6.45) is 1.79. The molecule has 0 aromatic heterocycles. The lowest BCUT2D eigenvalue weighted by molar-refractivity contribution is -0.255. The van der Waals surface area contributed by atoms with Crippen molar-refractivity contribution < 1.29 is 38.7 Å². The minimum Gasteiger partial charge on any atom is -0.481 e. The van der Waals surface area contributed by atoms with E-state index in [1.165, 1.54) is 0 Å². The molecule has 3 saturated heterocycles. The molecule has 0 saturated carbocycles. The molecule has 3 N–H and O–H groups in total. The highest BCUT2D eigenvalue weighted by Gasteiger charge is 2.41. The second-order valence-electron chi connectivity index (χ2n) is 10.7. The van der Waals surface area contributed by atoms with Crippen LogP contribution in [-0.2, 0) is 35.1 Å². The Hall–Kier alpha value is -2.86. The van der Waals surface area contributed by atoms with E-state index in [9.17, 15) is 14.7 Å². The van der Waals surface area contributed by atoms with Gasteiger partial charge in [0.15, 0.2) is 12.1 Å². The molecular formula is C30H38N2O8. The first-order valence-electron chi connectivity index (χ1n) is 14.0. The first kappa shape index (κ1) is 28.7. The molecule has 3 aliphatic rings. The summed E-state index contributed by atoms with van der Waals surface area (Å²) in [6, 6.07) is 15.2. The number of anilines is 1. The molecule has 3 unspecified atom stereocenters. The van der Waals surface area contributed by atoms with E-state index in [1.54, 1.807) is 6.07 Å². The number of hydrogen-bond donors (Lipinski definition) is 3. The van der Waals surface area contributed by atoms with Gasteiger partial charge in [0.25, 0.3) is 0 Å². The Bertz CT molecular complexity index is 1140. The Labute approximate surface area is 234 Å². The molecule has 3 atom stereocenters. The summed E-state index contributed by atoms with van der Waals surface area (Å²) in [6.45, 7) is 3.78. The smallest absolute Gasteiger partial charge is 0.303 e. The zero-order chi connectivity index (χ0) is 28.0. The number of nitrogens with one attached hydrogen (secondary N) is 1. The van der Waals surface area contributed by atoms with Crippen molar-refractivity contribution in [3.63, 3.8) is 0 Å². The number of aliphatic hydroxyl groups is 1. The zero-order valence-corrected chi connectivity index (χ0v) is 22.6. The lowest BCUT2D eigenvalue weighted by atomic mass is 9.98. The van der Waals surface area contributed by atoms with Gasteiger partial charge < -0.3 is 39.4 Å². The first-order chi connectivity index (χ1) is 19.4. The predicted molar refractivity (Wildman–Crippen MR) is 145 cm³/mol. The van der Waals surface area contributed by atoms with Crippen molar-refractivity contribution >= 4 is 17.6 Å². The SMILES string of the molecule is O=C(O)CCCC(=O)Nc1cccc(C2OC(CN3CCC4(CC3)OCCO4)CC(c3ccc(CO)cc3)O2)c1. The molecule has 3 heterocycles. The molecule has 2 aromatic carbocycles. The van der Waals surface area contributed by atoms with Crippen LogP contribution in [0, 0.1) is 0 Å². The molecule has 10 heteroatoms. The van der Waals surface area contributed by atoms with Crippen molar-refractivity contribution in [1.82, 2.24) is 4.90 Å². The van der Waals surface area contributed by atoms with Crippen molar-refractivity contribution in [3.8, 4) is 0 Å². The summed E-state index contributed by atoms with van der Waals surface area (Å²) >= 11 is 0. The highest BCUT2D eigenvalue weighted by molar-refractivity contribution is 5.90. The third kappa shape index (κ3) is 7.45. The Morgan fingerprint density at radius 3 is 2.42 bits per heavy atom. The number of carboxylic acid groups (broad SMARTS) is 1. The first-order valence-corrected chi connectivity index (χ1v) is 14.0. The normalized spacial score (nSPS) is 24.7. The van der Waals surface area contributed by atoms with Gasteiger partial charge in [-0.2, -0.15) is 0 Å². The minimum absolute atomic E-state index is 0.0150. The standard InChI is InChI=1S/C30H38N2O8/c33-20-21-7-9-22(10-8-21)26-18-25(19-32-13-11-30(12-14-32)37-15-16-38-30)39-29(40-26)23-3-1-4-24(17-23)31-27(34)5-2-6-28(35)36/h1,3-4,7-10,17,25-26,29,33H,2,5-6,11-16,18-20H2,(H,31,34)(H,35,36). The molecule has 2 aromatic rings. The molecule has 0 radical (unpaired) electrons. The van der Waals surface area contributed by atoms with Crippen LogP contribution in [-0.4, -0.2) is 71.7 Å². The number of ether oxygens (including phenoxy) is 4. The van der Waals surface area contributed by atoms with Gasteiger partial charge in [-0.15, -0.1) is 0 Å². The molecule has 5 rings (SSSR count). The molecule has 3 aliphatic heterocycles. The van der Waals surface area contributed by atoms with Crippen LogP contribution in [0.15, 0.2) is 48.5 Å². The molecule has 40 heavy (non-hydrogen) atoms. The third-order valence-electron chi connectivity index (χ3n) is 7.75. The predicted octanol–water partition coefficient (Wildman–Crippen LogP) is 3.76. The van der Waals surface area contributed by atoms with E-state index < -0.39 is 18.0 Å². The van der Waals surface area contributed by atoms with E-state index in [2.05, 4.69) is 10.2 Å². The summed E-state index contributed by atoms with van der Waals surface area (Å²) in [5.74, 6) is -1.58. The number of rotatable bonds is 10. The molecule has 3 fully saturated rings. The van der Waals surface area contributed by atoms with Gasteiger partial charge in [0.2, 0.25) is 5.91 Å². The van der Waals surface area contributed by atoms with Crippen LogP contribution in [0.4, 0.5) is 5.69 Å². The van der Waals surface area contributed by atoms with Gasteiger partial charge in [0, 0.05) is 63.0 Å². The van der Waals surface area contributed by atoms with Gasteiger partial charge in [-0.05, 0) is 29.7 Å². The van der Waals surface area contributed by atoms with Gasteiger partial charge >= 0.3 is 5.97 Å². The average Bonchev–Trinajstić information content (AvgIpc) is 3.42. The fraction of sp³-hybridized carbons (Fsp3) is 0.533. The van der Waals surface area contributed by atoms with Crippen molar-refractivity contribution in [1.29, 1.82) is 0 Å². The maximum absolute atomic E-state index is 12.3. The number of amides is 1. The molecule has 0 bridgehead atoms. The molecule has 10 nitrogen and oxygen atoms in total. The summed E-state index contributed by atoms with van der Waals surface area (Å²) in [5, 5.41) is 21.1. The molecule has 0 aliphatic carbocycles. The number of hydrogen-bond acceptors (Lipinski definition) is 8. The Balaban J connectivity index is 1.27. The second kappa shape index (κ2) is 13.2. The summed E-state index contributed by atoms with van der Waals surface area (Å²) in [5.41, 5.74) is 3.25. The number of piperidine rings is 1. The molecule has 1 spiro atoms. The van der Waals surface area contributed by atoms with Crippen molar-refractivity contribution in [2.75, 3.05) is 38.2 Å². The molecule has 1 amide bonds. The highest BCUT2D eigenvalue weighted by Crippen LogP contribution is 2.39. The van der Waals surface area contributed by atoms with Crippen LogP contribution in [0.5, 0.6) is 0 Å². The number of carboxylic acids is 1. The average molecular weight is 555 g/mol. The van der Waals surface area contributed by atoms with Gasteiger partial charge in [-0.1, -0.05) is 36.4 Å². The number of aliphatic carboxylic acids is 1. The number of benzene rings is 2. The number of carbonyl (C=O) groups is 2. The maximum atomic E-state index is 12.3.